The third-order valence-corrected chi connectivity index (χ3v) is 4.82. The lowest BCUT2D eigenvalue weighted by Gasteiger charge is -2.10. The Hall–Kier alpha value is -3.55. The van der Waals surface area contributed by atoms with E-state index >= 15 is 0 Å². The normalized spacial score (nSPS) is 10.2. The van der Waals surface area contributed by atoms with Crippen LogP contribution < -0.4 is 15.4 Å². The Morgan fingerprint density at radius 3 is 2.31 bits per heavy atom. The summed E-state index contributed by atoms with van der Waals surface area (Å²) in [7, 11) is 1.52. The quantitative estimate of drug-likeness (QED) is 0.469. The van der Waals surface area contributed by atoms with Gasteiger partial charge >= 0.3 is 5.97 Å². The molecule has 0 aliphatic carbocycles. The summed E-state index contributed by atoms with van der Waals surface area (Å²) in [6, 6.07) is 17.6. The molecule has 0 heterocycles. The van der Waals surface area contributed by atoms with Gasteiger partial charge in [0.2, 0.25) is 0 Å². The molecule has 3 aromatic carbocycles. The van der Waals surface area contributed by atoms with Gasteiger partial charge in [-0.05, 0) is 54.6 Å². The fourth-order valence-electron chi connectivity index (χ4n) is 2.71. The van der Waals surface area contributed by atoms with Gasteiger partial charge in [0.25, 0.3) is 11.8 Å². The Balaban J connectivity index is 1.54. The van der Waals surface area contributed by atoms with Gasteiger partial charge in [0.05, 0.1) is 23.4 Å². The van der Waals surface area contributed by atoms with E-state index in [0.717, 1.165) is 0 Å². The van der Waals surface area contributed by atoms with Gasteiger partial charge in [0, 0.05) is 16.3 Å². The summed E-state index contributed by atoms with van der Waals surface area (Å²) in [5.74, 6) is -1.08. The maximum Gasteiger partial charge on any atom is 0.340 e. The molecule has 7 nitrogen and oxygen atoms in total. The van der Waals surface area contributed by atoms with E-state index < -0.39 is 18.5 Å². The van der Waals surface area contributed by atoms with Crippen LogP contribution in [-0.4, -0.2) is 31.5 Å². The average Bonchev–Trinajstić information content (AvgIpc) is 2.78. The molecule has 0 saturated heterocycles. The van der Waals surface area contributed by atoms with E-state index in [1.807, 2.05) is 0 Å². The van der Waals surface area contributed by atoms with Crippen LogP contribution in [-0.2, 0) is 9.53 Å². The van der Waals surface area contributed by atoms with Crippen LogP contribution >= 0.6 is 23.2 Å². The largest absolute Gasteiger partial charge is 0.495 e. The summed E-state index contributed by atoms with van der Waals surface area (Å²) in [5.41, 5.74) is 1.47. The van der Waals surface area contributed by atoms with Crippen molar-refractivity contribution in [3.63, 3.8) is 0 Å². The molecule has 0 fully saturated rings. The van der Waals surface area contributed by atoms with E-state index in [4.69, 9.17) is 32.7 Å². The van der Waals surface area contributed by atoms with Gasteiger partial charge in [0.15, 0.2) is 6.61 Å². The lowest BCUT2D eigenvalue weighted by molar-refractivity contribution is -0.119. The number of amides is 2. The average molecular weight is 473 g/mol. The highest BCUT2D eigenvalue weighted by molar-refractivity contribution is 6.36. The van der Waals surface area contributed by atoms with Crippen molar-refractivity contribution in [3.8, 4) is 5.75 Å². The van der Waals surface area contributed by atoms with Crippen molar-refractivity contribution in [2.45, 2.75) is 0 Å². The van der Waals surface area contributed by atoms with Crippen molar-refractivity contribution in [2.75, 3.05) is 24.4 Å². The Labute approximate surface area is 194 Å². The van der Waals surface area contributed by atoms with Gasteiger partial charge in [0.1, 0.15) is 5.75 Å². The number of esters is 1. The second-order valence-electron chi connectivity index (χ2n) is 6.48. The Kier molecular flexibility index (Phi) is 7.70. The van der Waals surface area contributed by atoms with Crippen molar-refractivity contribution in [1.82, 2.24) is 0 Å². The number of benzene rings is 3. The highest BCUT2D eigenvalue weighted by Crippen LogP contribution is 2.24. The van der Waals surface area contributed by atoms with Gasteiger partial charge < -0.3 is 20.1 Å². The molecule has 164 valence electrons. The van der Waals surface area contributed by atoms with Gasteiger partial charge in [-0.3, -0.25) is 9.59 Å². The monoisotopic (exact) mass is 472 g/mol. The second-order valence-corrected chi connectivity index (χ2v) is 7.32. The van der Waals surface area contributed by atoms with Crippen LogP contribution in [0.15, 0.2) is 66.7 Å². The number of para-hydroxylation sites is 2. The van der Waals surface area contributed by atoms with Gasteiger partial charge in [-0.15, -0.1) is 0 Å². The Morgan fingerprint density at radius 2 is 1.62 bits per heavy atom. The van der Waals surface area contributed by atoms with E-state index in [2.05, 4.69) is 10.6 Å². The smallest absolute Gasteiger partial charge is 0.340 e. The van der Waals surface area contributed by atoms with E-state index in [1.54, 1.807) is 48.5 Å². The number of rotatable bonds is 7. The first kappa shape index (κ1) is 23.1. The molecule has 0 aliphatic heterocycles. The number of anilines is 2. The lowest BCUT2D eigenvalue weighted by atomic mass is 10.2. The summed E-state index contributed by atoms with van der Waals surface area (Å²) in [6.07, 6.45) is 0. The lowest BCUT2D eigenvalue weighted by Crippen LogP contribution is -2.21. The number of carbonyl (C=O) groups is 3. The first-order valence-corrected chi connectivity index (χ1v) is 10.1. The third kappa shape index (κ3) is 6.00. The van der Waals surface area contributed by atoms with E-state index in [1.165, 1.54) is 25.3 Å². The van der Waals surface area contributed by atoms with Crippen LogP contribution in [0.1, 0.15) is 20.7 Å². The van der Waals surface area contributed by atoms with Crippen LogP contribution in [0.3, 0.4) is 0 Å². The zero-order valence-corrected chi connectivity index (χ0v) is 18.4. The number of methoxy groups -OCH3 is 1. The summed E-state index contributed by atoms with van der Waals surface area (Å²) < 4.78 is 10.2. The van der Waals surface area contributed by atoms with Gasteiger partial charge in [-0.25, -0.2) is 4.79 Å². The SMILES string of the molecule is COc1ccccc1NC(=O)c1ccc(NC(=O)COC(=O)c2ccc(Cl)cc2Cl)cc1. The molecule has 2 N–H and O–H groups in total. The highest BCUT2D eigenvalue weighted by atomic mass is 35.5. The zero-order valence-electron chi connectivity index (χ0n) is 16.9. The predicted octanol–water partition coefficient (Wildman–Crippen LogP) is 5.05. The van der Waals surface area contributed by atoms with Gasteiger partial charge in [-0.2, -0.15) is 0 Å². The fraction of sp³-hybridized carbons (Fsp3) is 0.0870. The predicted molar refractivity (Wildman–Crippen MR) is 123 cm³/mol. The Morgan fingerprint density at radius 1 is 0.906 bits per heavy atom. The van der Waals surface area contributed by atoms with Crippen molar-refractivity contribution in [3.05, 3.63) is 87.9 Å². The molecule has 3 aromatic rings. The molecule has 0 aromatic heterocycles. The minimum Gasteiger partial charge on any atom is -0.495 e. The molecule has 0 saturated carbocycles. The van der Waals surface area contributed by atoms with Gasteiger partial charge in [-0.1, -0.05) is 35.3 Å². The number of ether oxygens (including phenoxy) is 2. The number of hydrogen-bond acceptors (Lipinski definition) is 5. The van der Waals surface area contributed by atoms with Crippen molar-refractivity contribution in [1.29, 1.82) is 0 Å². The minimum atomic E-state index is -0.745. The second kappa shape index (κ2) is 10.7. The molecule has 32 heavy (non-hydrogen) atoms. The van der Waals surface area contributed by atoms with Crippen LogP contribution in [0.5, 0.6) is 5.75 Å². The maximum absolute atomic E-state index is 12.4. The number of carbonyl (C=O) groups excluding carboxylic acids is 3. The van der Waals surface area contributed by atoms with Crippen molar-refractivity contribution in [2.24, 2.45) is 0 Å². The molecule has 0 unspecified atom stereocenters. The fourth-order valence-corrected chi connectivity index (χ4v) is 3.19. The third-order valence-electron chi connectivity index (χ3n) is 4.27. The van der Waals surface area contributed by atoms with Crippen molar-refractivity contribution >= 4 is 52.4 Å². The molecule has 2 amide bonds. The van der Waals surface area contributed by atoms with Crippen LogP contribution in [0.4, 0.5) is 11.4 Å². The number of halogens is 2. The molecule has 0 bridgehead atoms. The minimum absolute atomic E-state index is 0.106. The molecule has 0 atom stereocenters. The van der Waals surface area contributed by atoms with Crippen molar-refractivity contribution < 1.29 is 23.9 Å². The summed E-state index contributed by atoms with van der Waals surface area (Å²) in [5, 5.41) is 5.86. The standard InChI is InChI=1S/C23H18Cl2N2O5/c1-31-20-5-3-2-4-19(20)27-22(29)14-6-9-16(10-7-14)26-21(28)13-32-23(30)17-11-8-15(24)12-18(17)25/h2-12H,13H2,1H3,(H,26,28)(H,27,29). The topological polar surface area (TPSA) is 93.7 Å². The van der Waals surface area contributed by atoms with Crippen LogP contribution in [0.2, 0.25) is 10.0 Å². The van der Waals surface area contributed by atoms with E-state index in [9.17, 15) is 14.4 Å². The first-order valence-electron chi connectivity index (χ1n) is 9.34. The molecule has 9 heteroatoms. The zero-order chi connectivity index (χ0) is 23.1. The van der Waals surface area contributed by atoms with Crippen LogP contribution in [0.25, 0.3) is 0 Å². The summed E-state index contributed by atoms with van der Waals surface area (Å²) >= 11 is 11.7. The molecule has 0 radical (unpaired) electrons. The summed E-state index contributed by atoms with van der Waals surface area (Å²) in [4.78, 5) is 36.6. The molecule has 0 spiro atoms. The first-order chi connectivity index (χ1) is 15.4. The summed E-state index contributed by atoms with van der Waals surface area (Å²) in [6.45, 7) is -0.506. The van der Waals surface area contributed by atoms with E-state index in [0.29, 0.717) is 27.7 Å². The number of nitrogens with one attached hydrogen (secondary N) is 2. The molecule has 3 rings (SSSR count). The van der Waals surface area contributed by atoms with Crippen LogP contribution in [0, 0.1) is 0 Å². The molecule has 0 aliphatic rings. The molecular formula is C23H18Cl2N2O5. The Bertz CT molecular complexity index is 1150. The van der Waals surface area contributed by atoms with E-state index in [-0.39, 0.29) is 16.5 Å². The maximum atomic E-state index is 12.4. The number of hydrogen-bond donors (Lipinski definition) is 2. The molecular weight excluding hydrogens is 455 g/mol. The highest BCUT2D eigenvalue weighted by Gasteiger charge is 2.15.